The van der Waals surface area contributed by atoms with Gasteiger partial charge < -0.3 is 20.5 Å². The number of amides is 2. The van der Waals surface area contributed by atoms with Crippen LogP contribution in [0.5, 0.6) is 0 Å². The fourth-order valence-corrected chi connectivity index (χ4v) is 1.50. The van der Waals surface area contributed by atoms with E-state index in [1.807, 2.05) is 0 Å². The van der Waals surface area contributed by atoms with Gasteiger partial charge in [0.25, 0.3) is 11.8 Å². The lowest BCUT2D eigenvalue weighted by Gasteiger charge is -1.94. The molecule has 8 nitrogen and oxygen atoms in total. The largest absolute Gasteiger partial charge is 0.364 e. The quantitative estimate of drug-likeness (QED) is 0.788. The number of hydrogen-bond donors (Lipinski definition) is 2. The van der Waals surface area contributed by atoms with Gasteiger partial charge in [-0.2, -0.15) is 0 Å². The van der Waals surface area contributed by atoms with E-state index < -0.39 is 11.8 Å². The molecule has 0 unspecified atom stereocenters. The Balaban J connectivity index is 2.57. The van der Waals surface area contributed by atoms with Gasteiger partial charge >= 0.3 is 0 Å². The Bertz CT molecular complexity index is 613. The first kappa shape index (κ1) is 11.8. The lowest BCUT2D eigenvalue weighted by atomic mass is 10.1. The summed E-state index contributed by atoms with van der Waals surface area (Å²) in [5.74, 6) is -0.919. The van der Waals surface area contributed by atoms with Gasteiger partial charge in [-0.1, -0.05) is 17.2 Å². The van der Waals surface area contributed by atoms with Gasteiger partial charge in [-0.15, -0.1) is 0 Å². The number of nitrogens with two attached hydrogens (primary N) is 2. The number of nitrogens with zero attached hydrogens (tertiary/aromatic N) is 2. The topological polar surface area (TPSA) is 138 Å². The van der Waals surface area contributed by atoms with Crippen LogP contribution < -0.4 is 11.5 Å². The number of aryl methyl sites for hydroxylation is 1. The molecule has 94 valence electrons. The number of rotatable bonds is 4. The van der Waals surface area contributed by atoms with E-state index in [2.05, 4.69) is 10.3 Å². The van der Waals surface area contributed by atoms with Crippen molar-refractivity contribution in [1.82, 2.24) is 10.3 Å². The van der Waals surface area contributed by atoms with Gasteiger partial charge in [0.2, 0.25) is 0 Å². The summed E-state index contributed by atoms with van der Waals surface area (Å²) in [5.41, 5.74) is 10.4. The number of carbonyl (C=O) groups is 2. The van der Waals surface area contributed by atoms with E-state index in [4.69, 9.17) is 20.5 Å². The van der Waals surface area contributed by atoms with Gasteiger partial charge in [0, 0.05) is 12.5 Å². The van der Waals surface area contributed by atoms with E-state index in [1.165, 1.54) is 6.07 Å². The monoisotopic (exact) mass is 250 g/mol. The molecule has 2 heterocycles. The number of primary amides is 2. The molecule has 8 heteroatoms. The maximum absolute atomic E-state index is 11.2. The van der Waals surface area contributed by atoms with Crippen molar-refractivity contribution in [2.24, 2.45) is 11.5 Å². The molecule has 0 radical (unpaired) electrons. The van der Waals surface area contributed by atoms with Crippen molar-refractivity contribution < 1.29 is 18.6 Å². The minimum atomic E-state index is -0.759. The lowest BCUT2D eigenvalue weighted by molar-refractivity contribution is 0.0982. The molecule has 0 aliphatic heterocycles. The Morgan fingerprint density at radius 2 is 1.94 bits per heavy atom. The zero-order valence-electron chi connectivity index (χ0n) is 9.47. The fraction of sp³-hybridized carbons (Fsp3) is 0.200. The summed E-state index contributed by atoms with van der Waals surface area (Å²) in [7, 11) is 0. The van der Waals surface area contributed by atoms with Crippen LogP contribution in [0.25, 0.3) is 11.3 Å². The normalized spacial score (nSPS) is 10.5. The zero-order valence-corrected chi connectivity index (χ0v) is 9.47. The van der Waals surface area contributed by atoms with Crippen molar-refractivity contribution >= 4 is 11.8 Å². The highest BCUT2D eigenvalue weighted by Gasteiger charge is 2.24. The smallest absolute Gasteiger partial charge is 0.271 e. The predicted octanol–water partition coefficient (Wildman–Crippen LogP) is 0.0898. The Morgan fingerprint density at radius 3 is 2.44 bits per heavy atom. The molecule has 0 spiro atoms. The van der Waals surface area contributed by atoms with Crippen molar-refractivity contribution in [2.45, 2.75) is 13.3 Å². The highest BCUT2D eigenvalue weighted by atomic mass is 16.5. The van der Waals surface area contributed by atoms with Gasteiger partial charge in [-0.3, -0.25) is 9.59 Å². The molecule has 2 aromatic heterocycles. The van der Waals surface area contributed by atoms with E-state index in [-0.39, 0.29) is 17.1 Å². The third-order valence-electron chi connectivity index (χ3n) is 2.33. The van der Waals surface area contributed by atoms with Crippen molar-refractivity contribution in [1.29, 1.82) is 0 Å². The summed E-state index contributed by atoms with van der Waals surface area (Å²) in [6.07, 6.45) is 0.474. The Kier molecular flexibility index (Phi) is 2.84. The van der Waals surface area contributed by atoms with Crippen molar-refractivity contribution in [3.05, 3.63) is 23.2 Å². The fourth-order valence-electron chi connectivity index (χ4n) is 1.50. The molecule has 2 amide bonds. The molecule has 0 aromatic carbocycles. The van der Waals surface area contributed by atoms with Crippen LogP contribution in [-0.4, -0.2) is 22.1 Å². The maximum atomic E-state index is 11.2. The maximum Gasteiger partial charge on any atom is 0.271 e. The number of aromatic nitrogens is 2. The highest BCUT2D eigenvalue weighted by molar-refractivity contribution is 5.98. The van der Waals surface area contributed by atoms with Crippen molar-refractivity contribution in [3.63, 3.8) is 0 Å². The second-order valence-electron chi connectivity index (χ2n) is 3.49. The predicted molar refractivity (Wildman–Crippen MR) is 58.4 cm³/mol. The van der Waals surface area contributed by atoms with Crippen LogP contribution in [0.1, 0.15) is 33.7 Å². The van der Waals surface area contributed by atoms with E-state index in [9.17, 15) is 9.59 Å². The summed E-state index contributed by atoms with van der Waals surface area (Å²) in [4.78, 5) is 22.1. The molecule has 0 fully saturated rings. The van der Waals surface area contributed by atoms with Gasteiger partial charge in [-0.25, -0.2) is 0 Å². The van der Waals surface area contributed by atoms with Crippen LogP contribution in [0.15, 0.2) is 15.1 Å². The van der Waals surface area contributed by atoms with E-state index in [0.29, 0.717) is 17.7 Å². The molecule has 0 aliphatic carbocycles. The SMILES string of the molecule is CCc1onc(C(N)=O)c1-c1cc(C(N)=O)no1. The second kappa shape index (κ2) is 4.32. The Morgan fingerprint density at radius 1 is 1.22 bits per heavy atom. The zero-order chi connectivity index (χ0) is 13.3. The number of hydrogen-bond acceptors (Lipinski definition) is 6. The number of carbonyl (C=O) groups excluding carboxylic acids is 2. The molecule has 2 aromatic rings. The molecule has 0 aliphatic rings. The van der Waals surface area contributed by atoms with Crippen molar-refractivity contribution in [2.75, 3.05) is 0 Å². The van der Waals surface area contributed by atoms with E-state index >= 15 is 0 Å². The summed E-state index contributed by atoms with van der Waals surface area (Å²) < 4.78 is 9.92. The molecule has 4 N–H and O–H groups in total. The summed E-state index contributed by atoms with van der Waals surface area (Å²) in [6, 6.07) is 1.31. The third-order valence-corrected chi connectivity index (χ3v) is 2.33. The van der Waals surface area contributed by atoms with Gasteiger partial charge in [0.15, 0.2) is 17.1 Å². The van der Waals surface area contributed by atoms with Crippen LogP contribution in [0, 0.1) is 0 Å². The average molecular weight is 250 g/mol. The van der Waals surface area contributed by atoms with Crippen LogP contribution in [0.3, 0.4) is 0 Å². The Labute approximate surface area is 101 Å². The first-order valence-electron chi connectivity index (χ1n) is 5.09. The molecule has 18 heavy (non-hydrogen) atoms. The summed E-state index contributed by atoms with van der Waals surface area (Å²) >= 11 is 0. The highest BCUT2D eigenvalue weighted by Crippen LogP contribution is 2.28. The van der Waals surface area contributed by atoms with Crippen LogP contribution in [0.4, 0.5) is 0 Å². The first-order chi connectivity index (χ1) is 8.54. The molecule has 0 bridgehead atoms. The van der Waals surface area contributed by atoms with Crippen molar-refractivity contribution in [3.8, 4) is 11.3 Å². The molecular formula is C10H10N4O4. The molecule has 0 atom stereocenters. The molecule has 0 saturated heterocycles. The minimum absolute atomic E-state index is 0.0522. The Hall–Kier alpha value is -2.64. The van der Waals surface area contributed by atoms with Crippen LogP contribution in [-0.2, 0) is 6.42 Å². The lowest BCUT2D eigenvalue weighted by Crippen LogP contribution is -2.12. The average Bonchev–Trinajstić information content (AvgIpc) is 2.94. The van der Waals surface area contributed by atoms with Crippen LogP contribution >= 0.6 is 0 Å². The molecular weight excluding hydrogens is 240 g/mol. The van der Waals surface area contributed by atoms with Crippen LogP contribution in [0.2, 0.25) is 0 Å². The molecule has 0 saturated carbocycles. The summed E-state index contributed by atoms with van der Waals surface area (Å²) in [6.45, 7) is 1.81. The minimum Gasteiger partial charge on any atom is -0.364 e. The van der Waals surface area contributed by atoms with Gasteiger partial charge in [0.05, 0.1) is 5.56 Å². The second-order valence-corrected chi connectivity index (χ2v) is 3.49. The van der Waals surface area contributed by atoms with Gasteiger partial charge in [-0.05, 0) is 0 Å². The third kappa shape index (κ3) is 1.83. The van der Waals surface area contributed by atoms with Gasteiger partial charge in [0.1, 0.15) is 5.76 Å². The molecule has 2 rings (SSSR count). The van der Waals surface area contributed by atoms with E-state index in [1.54, 1.807) is 6.92 Å². The standard InChI is InChI=1S/C10H10N4O4/c1-2-5-7(8(10(12)16)14-17-5)6-3-4(9(11)15)13-18-6/h3H,2H2,1H3,(H2,11,15)(H2,12,16). The summed E-state index contributed by atoms with van der Waals surface area (Å²) in [5, 5.41) is 7.04. The van der Waals surface area contributed by atoms with E-state index in [0.717, 1.165) is 0 Å². The first-order valence-corrected chi connectivity index (χ1v) is 5.09.